The monoisotopic (exact) mass is 316 g/mol. The van der Waals surface area contributed by atoms with E-state index in [0.29, 0.717) is 15.5 Å². The maximum Gasteiger partial charge on any atom is 0.206 e. The highest BCUT2D eigenvalue weighted by molar-refractivity contribution is 9.10. The van der Waals surface area contributed by atoms with Gasteiger partial charge in [0.05, 0.1) is 15.5 Å². The molecule has 0 spiro atoms. The van der Waals surface area contributed by atoms with E-state index in [4.69, 9.17) is 17.3 Å². The van der Waals surface area contributed by atoms with Crippen molar-refractivity contribution in [3.63, 3.8) is 0 Å². The SMILES string of the molecule is Nc1ncc(Cl)cc1C(=O)c1cc(Br)cs1. The van der Waals surface area contributed by atoms with Crippen LogP contribution in [0.5, 0.6) is 0 Å². The van der Waals surface area contributed by atoms with Crippen molar-refractivity contribution in [1.82, 2.24) is 4.98 Å². The number of carbonyl (C=O) groups excluding carboxylic acids is 1. The molecule has 2 aromatic heterocycles. The van der Waals surface area contributed by atoms with Gasteiger partial charge in [0.2, 0.25) is 5.78 Å². The van der Waals surface area contributed by atoms with E-state index in [0.717, 1.165) is 4.47 Å². The molecule has 82 valence electrons. The summed E-state index contributed by atoms with van der Waals surface area (Å²) in [6, 6.07) is 3.27. The number of nitrogen functional groups attached to an aromatic ring is 1. The number of carbonyl (C=O) groups is 1. The van der Waals surface area contributed by atoms with E-state index in [1.54, 1.807) is 6.07 Å². The maximum atomic E-state index is 12.0. The van der Waals surface area contributed by atoms with Crippen molar-refractivity contribution in [2.75, 3.05) is 5.73 Å². The molecule has 6 heteroatoms. The van der Waals surface area contributed by atoms with Gasteiger partial charge in [0.25, 0.3) is 0 Å². The number of pyridine rings is 1. The number of nitrogens with two attached hydrogens (primary N) is 1. The minimum Gasteiger partial charge on any atom is -0.383 e. The second-order valence-corrected chi connectivity index (χ2v) is 5.31. The molecule has 0 saturated heterocycles. The number of thiophene rings is 1. The molecule has 0 fully saturated rings. The zero-order valence-corrected chi connectivity index (χ0v) is 11.1. The number of rotatable bonds is 2. The molecule has 0 unspecified atom stereocenters. The van der Waals surface area contributed by atoms with Gasteiger partial charge in [-0.15, -0.1) is 11.3 Å². The van der Waals surface area contributed by atoms with Crippen LogP contribution in [0.4, 0.5) is 5.82 Å². The summed E-state index contributed by atoms with van der Waals surface area (Å²) in [7, 11) is 0. The lowest BCUT2D eigenvalue weighted by Gasteiger charge is -2.02. The highest BCUT2D eigenvalue weighted by atomic mass is 79.9. The Morgan fingerprint density at radius 1 is 1.50 bits per heavy atom. The highest BCUT2D eigenvalue weighted by Gasteiger charge is 2.15. The molecule has 16 heavy (non-hydrogen) atoms. The van der Waals surface area contributed by atoms with Gasteiger partial charge in [0.1, 0.15) is 5.82 Å². The summed E-state index contributed by atoms with van der Waals surface area (Å²) in [5, 5.41) is 2.23. The number of anilines is 1. The molecule has 2 rings (SSSR count). The van der Waals surface area contributed by atoms with E-state index in [1.807, 2.05) is 5.38 Å². The largest absolute Gasteiger partial charge is 0.383 e. The van der Waals surface area contributed by atoms with Gasteiger partial charge in [-0.25, -0.2) is 4.98 Å². The van der Waals surface area contributed by atoms with Crippen molar-refractivity contribution in [3.05, 3.63) is 43.6 Å². The van der Waals surface area contributed by atoms with Crippen molar-refractivity contribution < 1.29 is 4.79 Å². The number of aromatic nitrogens is 1. The van der Waals surface area contributed by atoms with E-state index in [9.17, 15) is 4.79 Å². The lowest BCUT2D eigenvalue weighted by Crippen LogP contribution is -2.05. The predicted molar refractivity (Wildman–Crippen MR) is 69.1 cm³/mol. The highest BCUT2D eigenvalue weighted by Crippen LogP contribution is 2.25. The first-order valence-electron chi connectivity index (χ1n) is 4.27. The van der Waals surface area contributed by atoms with E-state index < -0.39 is 0 Å². The van der Waals surface area contributed by atoms with Crippen LogP contribution in [0.2, 0.25) is 5.02 Å². The molecular formula is C10H6BrClN2OS. The molecule has 2 heterocycles. The van der Waals surface area contributed by atoms with Gasteiger partial charge >= 0.3 is 0 Å². The van der Waals surface area contributed by atoms with Crippen LogP contribution in [0.25, 0.3) is 0 Å². The Bertz CT molecular complexity index is 556. The molecule has 0 atom stereocenters. The van der Waals surface area contributed by atoms with Gasteiger partial charge in [-0.3, -0.25) is 4.79 Å². The third-order valence-electron chi connectivity index (χ3n) is 1.92. The van der Waals surface area contributed by atoms with Crippen LogP contribution < -0.4 is 5.73 Å². The Labute approximate surface area is 109 Å². The van der Waals surface area contributed by atoms with Gasteiger partial charge < -0.3 is 5.73 Å². The summed E-state index contributed by atoms with van der Waals surface area (Å²) >= 11 is 10.4. The van der Waals surface area contributed by atoms with Crippen LogP contribution in [0.3, 0.4) is 0 Å². The van der Waals surface area contributed by atoms with Crippen LogP contribution in [0, 0.1) is 0 Å². The molecule has 0 aliphatic heterocycles. The molecule has 0 aliphatic carbocycles. The molecule has 0 aliphatic rings. The van der Waals surface area contributed by atoms with Crippen LogP contribution in [-0.2, 0) is 0 Å². The fourth-order valence-electron chi connectivity index (χ4n) is 1.20. The van der Waals surface area contributed by atoms with Crippen molar-refractivity contribution >= 4 is 50.5 Å². The lowest BCUT2D eigenvalue weighted by atomic mass is 10.1. The number of halogens is 2. The Balaban J connectivity index is 2.45. The van der Waals surface area contributed by atoms with E-state index in [-0.39, 0.29) is 11.6 Å². The summed E-state index contributed by atoms with van der Waals surface area (Å²) in [5.74, 6) is 0.0297. The third-order valence-corrected chi connectivity index (χ3v) is 3.82. The molecule has 0 saturated carbocycles. The van der Waals surface area contributed by atoms with Crippen molar-refractivity contribution in [2.24, 2.45) is 0 Å². The number of nitrogens with zero attached hydrogens (tertiary/aromatic N) is 1. The summed E-state index contributed by atoms with van der Waals surface area (Å²) in [5.41, 5.74) is 5.97. The first kappa shape index (κ1) is 11.6. The van der Waals surface area contributed by atoms with E-state index in [1.165, 1.54) is 23.6 Å². The van der Waals surface area contributed by atoms with Gasteiger partial charge in [0, 0.05) is 16.0 Å². The quantitative estimate of drug-likeness (QED) is 0.864. The fourth-order valence-corrected chi connectivity index (χ4v) is 2.73. The molecule has 0 bridgehead atoms. The van der Waals surface area contributed by atoms with Gasteiger partial charge in [-0.2, -0.15) is 0 Å². The topological polar surface area (TPSA) is 56.0 Å². The molecule has 0 aromatic carbocycles. The van der Waals surface area contributed by atoms with Crippen molar-refractivity contribution in [3.8, 4) is 0 Å². The Morgan fingerprint density at radius 3 is 2.88 bits per heavy atom. The number of hydrogen-bond acceptors (Lipinski definition) is 4. The summed E-state index contributed by atoms with van der Waals surface area (Å²) in [6.07, 6.45) is 1.41. The maximum absolute atomic E-state index is 12.0. The van der Waals surface area contributed by atoms with Crippen molar-refractivity contribution in [1.29, 1.82) is 0 Å². The van der Waals surface area contributed by atoms with E-state index >= 15 is 0 Å². The van der Waals surface area contributed by atoms with Gasteiger partial charge in [-0.1, -0.05) is 11.6 Å². The summed E-state index contributed by atoms with van der Waals surface area (Å²) in [4.78, 5) is 16.5. The average molecular weight is 318 g/mol. The summed E-state index contributed by atoms with van der Waals surface area (Å²) < 4.78 is 0.870. The number of ketones is 1. The minimum atomic E-state index is -0.164. The van der Waals surface area contributed by atoms with Crippen molar-refractivity contribution in [2.45, 2.75) is 0 Å². The Morgan fingerprint density at radius 2 is 2.25 bits per heavy atom. The Kier molecular flexibility index (Phi) is 3.28. The molecule has 0 amide bonds. The second kappa shape index (κ2) is 4.53. The number of hydrogen-bond donors (Lipinski definition) is 1. The molecular weight excluding hydrogens is 312 g/mol. The molecule has 2 aromatic rings. The van der Waals surface area contributed by atoms with Crippen LogP contribution in [0.15, 0.2) is 28.2 Å². The van der Waals surface area contributed by atoms with Crippen LogP contribution >= 0.6 is 38.9 Å². The van der Waals surface area contributed by atoms with Gasteiger partial charge in [-0.05, 0) is 28.1 Å². The first-order chi connectivity index (χ1) is 7.58. The minimum absolute atomic E-state index is 0.164. The van der Waals surface area contributed by atoms with Gasteiger partial charge in [0.15, 0.2) is 0 Å². The smallest absolute Gasteiger partial charge is 0.206 e. The second-order valence-electron chi connectivity index (χ2n) is 3.04. The molecule has 3 nitrogen and oxygen atoms in total. The third kappa shape index (κ3) is 2.26. The predicted octanol–water partition coefficient (Wildman–Crippen LogP) is 3.37. The Hall–Kier alpha value is -0.910. The van der Waals surface area contributed by atoms with Crippen LogP contribution in [0.1, 0.15) is 15.2 Å². The lowest BCUT2D eigenvalue weighted by molar-refractivity contribution is 0.104. The molecule has 0 radical (unpaired) electrons. The fraction of sp³-hybridized carbons (Fsp3) is 0. The van der Waals surface area contributed by atoms with Crippen LogP contribution in [-0.4, -0.2) is 10.8 Å². The van der Waals surface area contributed by atoms with E-state index in [2.05, 4.69) is 20.9 Å². The average Bonchev–Trinajstić information content (AvgIpc) is 2.67. The zero-order valence-electron chi connectivity index (χ0n) is 7.91. The first-order valence-corrected chi connectivity index (χ1v) is 6.33. The summed E-state index contributed by atoms with van der Waals surface area (Å²) in [6.45, 7) is 0. The standard InChI is InChI=1S/C10H6BrClN2OS/c11-5-1-8(16-4-5)9(15)7-2-6(12)3-14-10(7)13/h1-4H,(H2,13,14). The normalized spacial score (nSPS) is 10.4. The molecule has 2 N–H and O–H groups in total. The zero-order chi connectivity index (χ0) is 11.7.